The standard InChI is InChI=1S/C13H18N2O2S.ClH/c1-17-12-3-2-11(18-12)13(16)14-10-8-15-6-4-9(10)5-7-15;/h2-3,9-10H,4-8H2,1H3,(H,14,16);1H/t10-;/m0./s1. The topological polar surface area (TPSA) is 41.6 Å². The molecule has 1 N–H and O–H groups in total. The fourth-order valence-corrected chi connectivity index (χ4v) is 3.64. The number of nitrogens with zero attached hydrogens (tertiary/aromatic N) is 1. The average Bonchev–Trinajstić information content (AvgIpc) is 2.89. The van der Waals surface area contributed by atoms with E-state index in [9.17, 15) is 4.79 Å². The maximum atomic E-state index is 12.1. The fraction of sp³-hybridized carbons (Fsp3) is 0.615. The molecule has 106 valence electrons. The van der Waals surface area contributed by atoms with Crippen LogP contribution in [0.5, 0.6) is 5.06 Å². The second kappa shape index (κ2) is 6.11. The number of thiophene rings is 1. The molecule has 3 aliphatic rings. The highest BCUT2D eigenvalue weighted by Crippen LogP contribution is 2.28. The van der Waals surface area contributed by atoms with E-state index in [1.165, 1.54) is 37.3 Å². The lowest BCUT2D eigenvalue weighted by Gasteiger charge is -2.44. The number of halogens is 1. The van der Waals surface area contributed by atoms with Gasteiger partial charge in [0.25, 0.3) is 5.91 Å². The fourth-order valence-electron chi connectivity index (χ4n) is 2.92. The molecular weight excluding hydrogens is 284 g/mol. The quantitative estimate of drug-likeness (QED) is 0.928. The zero-order chi connectivity index (χ0) is 12.5. The summed E-state index contributed by atoms with van der Waals surface area (Å²) in [7, 11) is 1.63. The molecule has 0 spiro atoms. The summed E-state index contributed by atoms with van der Waals surface area (Å²) in [6.07, 6.45) is 2.44. The first-order chi connectivity index (χ1) is 8.76. The first-order valence-corrected chi connectivity index (χ1v) is 7.25. The molecule has 1 aromatic heterocycles. The van der Waals surface area contributed by atoms with Crippen LogP contribution in [-0.4, -0.2) is 43.6 Å². The van der Waals surface area contributed by atoms with Gasteiger partial charge in [0, 0.05) is 12.6 Å². The van der Waals surface area contributed by atoms with Crippen molar-refractivity contribution in [3.63, 3.8) is 0 Å². The van der Waals surface area contributed by atoms with E-state index in [2.05, 4.69) is 10.2 Å². The Balaban J connectivity index is 0.00000133. The molecule has 4 heterocycles. The summed E-state index contributed by atoms with van der Waals surface area (Å²) in [5.41, 5.74) is 0. The molecule has 4 nitrogen and oxygen atoms in total. The molecule has 2 bridgehead atoms. The van der Waals surface area contributed by atoms with E-state index in [1.807, 2.05) is 12.1 Å². The second-order valence-electron chi connectivity index (χ2n) is 5.04. The molecule has 0 aliphatic carbocycles. The van der Waals surface area contributed by atoms with Crippen LogP contribution in [0.1, 0.15) is 22.5 Å². The summed E-state index contributed by atoms with van der Waals surface area (Å²) < 4.78 is 5.11. The van der Waals surface area contributed by atoms with Gasteiger partial charge in [-0.05, 0) is 44.0 Å². The van der Waals surface area contributed by atoms with Crippen molar-refractivity contribution in [1.82, 2.24) is 10.2 Å². The van der Waals surface area contributed by atoms with E-state index in [0.29, 0.717) is 12.0 Å². The van der Waals surface area contributed by atoms with E-state index >= 15 is 0 Å². The lowest BCUT2D eigenvalue weighted by molar-refractivity contribution is 0.0622. The minimum Gasteiger partial charge on any atom is -0.487 e. The van der Waals surface area contributed by atoms with Crippen molar-refractivity contribution >= 4 is 29.7 Å². The minimum atomic E-state index is 0. The van der Waals surface area contributed by atoms with E-state index in [0.717, 1.165) is 16.5 Å². The second-order valence-corrected chi connectivity index (χ2v) is 6.09. The lowest BCUT2D eigenvalue weighted by Crippen LogP contribution is -2.57. The number of methoxy groups -OCH3 is 1. The molecule has 6 heteroatoms. The highest BCUT2D eigenvalue weighted by atomic mass is 35.5. The Kier molecular flexibility index (Phi) is 4.71. The Hall–Kier alpha value is -0.780. The molecule has 1 atom stereocenters. The van der Waals surface area contributed by atoms with E-state index in [1.54, 1.807) is 7.11 Å². The van der Waals surface area contributed by atoms with Crippen LogP contribution in [0.4, 0.5) is 0 Å². The molecule has 3 aliphatic heterocycles. The van der Waals surface area contributed by atoms with Gasteiger partial charge in [0.1, 0.15) is 0 Å². The van der Waals surface area contributed by atoms with Gasteiger partial charge in [-0.15, -0.1) is 12.4 Å². The van der Waals surface area contributed by atoms with Gasteiger partial charge in [-0.1, -0.05) is 11.3 Å². The van der Waals surface area contributed by atoms with Gasteiger partial charge in [-0.2, -0.15) is 0 Å². The summed E-state index contributed by atoms with van der Waals surface area (Å²) >= 11 is 1.40. The van der Waals surface area contributed by atoms with Crippen molar-refractivity contribution in [2.75, 3.05) is 26.7 Å². The van der Waals surface area contributed by atoms with Gasteiger partial charge in [0.05, 0.1) is 12.0 Å². The van der Waals surface area contributed by atoms with Crippen LogP contribution in [0.15, 0.2) is 12.1 Å². The summed E-state index contributed by atoms with van der Waals surface area (Å²) in [6, 6.07) is 4.00. The number of carbonyl (C=O) groups is 1. The molecule has 1 amide bonds. The van der Waals surface area contributed by atoms with E-state index in [-0.39, 0.29) is 18.3 Å². The van der Waals surface area contributed by atoms with E-state index in [4.69, 9.17) is 4.74 Å². The highest BCUT2D eigenvalue weighted by molar-refractivity contribution is 7.15. The Morgan fingerprint density at radius 1 is 1.42 bits per heavy atom. The number of carbonyl (C=O) groups excluding carboxylic acids is 1. The third-order valence-corrected chi connectivity index (χ3v) is 5.02. The lowest BCUT2D eigenvalue weighted by atomic mass is 9.84. The minimum absolute atomic E-state index is 0. The van der Waals surface area contributed by atoms with Crippen LogP contribution in [0, 0.1) is 5.92 Å². The van der Waals surface area contributed by atoms with Crippen molar-refractivity contribution in [1.29, 1.82) is 0 Å². The van der Waals surface area contributed by atoms with Gasteiger partial charge in [-0.3, -0.25) is 4.79 Å². The van der Waals surface area contributed by atoms with Gasteiger partial charge in [0.2, 0.25) is 0 Å². The summed E-state index contributed by atoms with van der Waals surface area (Å²) in [4.78, 5) is 15.3. The van der Waals surface area contributed by atoms with Crippen LogP contribution in [0.3, 0.4) is 0 Å². The number of hydrogen-bond acceptors (Lipinski definition) is 4. The number of amides is 1. The maximum Gasteiger partial charge on any atom is 0.261 e. The number of hydrogen-bond donors (Lipinski definition) is 1. The molecular formula is C13H19ClN2O2S. The number of fused-ring (bicyclic) bond motifs is 3. The largest absolute Gasteiger partial charge is 0.487 e. The number of ether oxygens (including phenoxy) is 1. The highest BCUT2D eigenvalue weighted by Gasteiger charge is 2.35. The first-order valence-electron chi connectivity index (χ1n) is 6.43. The monoisotopic (exact) mass is 302 g/mol. The Morgan fingerprint density at radius 2 is 2.16 bits per heavy atom. The summed E-state index contributed by atoms with van der Waals surface area (Å²) in [5, 5.41) is 3.96. The predicted octanol–water partition coefficient (Wildman–Crippen LogP) is 2.00. The molecule has 0 aromatic carbocycles. The van der Waals surface area contributed by atoms with E-state index < -0.39 is 0 Å². The van der Waals surface area contributed by atoms with Gasteiger partial charge in [0.15, 0.2) is 5.06 Å². The molecule has 0 saturated carbocycles. The third-order valence-electron chi connectivity index (χ3n) is 3.98. The zero-order valence-corrected chi connectivity index (χ0v) is 12.6. The smallest absolute Gasteiger partial charge is 0.261 e. The normalized spacial score (nSPS) is 28.6. The molecule has 0 unspecified atom stereocenters. The SMILES string of the molecule is COc1ccc(C(=O)N[C@H]2CN3CCC2CC3)s1.Cl. The summed E-state index contributed by atoms with van der Waals surface area (Å²) in [6.45, 7) is 3.41. The maximum absolute atomic E-state index is 12.1. The van der Waals surface area contributed by atoms with Crippen molar-refractivity contribution in [3.8, 4) is 5.06 Å². The van der Waals surface area contributed by atoms with Crippen molar-refractivity contribution in [2.24, 2.45) is 5.92 Å². The molecule has 19 heavy (non-hydrogen) atoms. The van der Waals surface area contributed by atoms with Crippen LogP contribution in [0.25, 0.3) is 0 Å². The van der Waals surface area contributed by atoms with Crippen LogP contribution < -0.4 is 10.1 Å². The molecule has 4 rings (SSSR count). The van der Waals surface area contributed by atoms with Crippen LogP contribution >= 0.6 is 23.7 Å². The number of rotatable bonds is 3. The Bertz CT molecular complexity index is 444. The van der Waals surface area contributed by atoms with Gasteiger partial charge < -0.3 is 15.0 Å². The number of piperidine rings is 3. The zero-order valence-electron chi connectivity index (χ0n) is 10.9. The molecule has 3 fully saturated rings. The van der Waals surface area contributed by atoms with Crippen molar-refractivity contribution in [2.45, 2.75) is 18.9 Å². The van der Waals surface area contributed by atoms with Gasteiger partial charge in [-0.25, -0.2) is 0 Å². The van der Waals surface area contributed by atoms with Crippen molar-refractivity contribution in [3.05, 3.63) is 17.0 Å². The number of nitrogens with one attached hydrogen (secondary N) is 1. The predicted molar refractivity (Wildman–Crippen MR) is 78.5 cm³/mol. The van der Waals surface area contributed by atoms with Crippen molar-refractivity contribution < 1.29 is 9.53 Å². The third kappa shape index (κ3) is 3.04. The average molecular weight is 303 g/mol. The Labute approximate surface area is 123 Å². The Morgan fingerprint density at radius 3 is 2.68 bits per heavy atom. The van der Waals surface area contributed by atoms with Gasteiger partial charge >= 0.3 is 0 Å². The van der Waals surface area contributed by atoms with Crippen LogP contribution in [0.2, 0.25) is 0 Å². The molecule has 0 radical (unpaired) electrons. The summed E-state index contributed by atoms with van der Waals surface area (Å²) in [5.74, 6) is 0.711. The molecule has 1 aromatic rings. The molecule has 3 saturated heterocycles. The first kappa shape index (κ1) is 14.6. The van der Waals surface area contributed by atoms with Crippen LogP contribution in [-0.2, 0) is 0 Å².